The maximum Gasteiger partial charge on any atom is 0.344 e. The van der Waals surface area contributed by atoms with E-state index in [4.69, 9.17) is 10.2 Å². The quantitative estimate of drug-likeness (QED) is 0.712. The van der Waals surface area contributed by atoms with Crippen molar-refractivity contribution in [2.75, 3.05) is 5.73 Å². The summed E-state index contributed by atoms with van der Waals surface area (Å²) < 4.78 is 7.28. The third-order valence-electron chi connectivity index (χ3n) is 3.16. The lowest BCUT2D eigenvalue weighted by atomic mass is 10.3. The zero-order valence-electron chi connectivity index (χ0n) is 10.4. The fraction of sp³-hybridized carbons (Fsp3) is 0.250. The number of nitrogens with two attached hydrogens (primary N) is 1. The van der Waals surface area contributed by atoms with Crippen molar-refractivity contribution < 1.29 is 4.42 Å². The number of aromatic nitrogens is 4. The van der Waals surface area contributed by atoms with E-state index in [1.807, 2.05) is 0 Å². The Balaban J connectivity index is 1.72. The predicted molar refractivity (Wildman–Crippen MR) is 73.7 cm³/mol. The molecule has 8 heteroatoms. The van der Waals surface area contributed by atoms with Crippen molar-refractivity contribution >= 4 is 28.5 Å². The Labute approximate surface area is 117 Å². The molecule has 0 atom stereocenters. The van der Waals surface area contributed by atoms with Crippen LogP contribution in [0.2, 0.25) is 0 Å². The average Bonchev–Trinajstić information content (AvgIpc) is 3.07. The Hall–Kier alpha value is -2.22. The van der Waals surface area contributed by atoms with Gasteiger partial charge >= 0.3 is 5.69 Å². The topological polar surface area (TPSA) is 103 Å². The highest BCUT2D eigenvalue weighted by atomic mass is 32.2. The van der Waals surface area contributed by atoms with Crippen molar-refractivity contribution in [3.8, 4) is 0 Å². The average molecular weight is 289 g/mol. The van der Waals surface area contributed by atoms with Crippen molar-refractivity contribution in [1.82, 2.24) is 19.7 Å². The molecule has 2 aromatic heterocycles. The van der Waals surface area contributed by atoms with E-state index in [0.29, 0.717) is 21.6 Å². The monoisotopic (exact) mass is 289 g/mol. The van der Waals surface area contributed by atoms with Gasteiger partial charge in [-0.1, -0.05) is 0 Å². The summed E-state index contributed by atoms with van der Waals surface area (Å²) >= 11 is 1.24. The molecule has 1 fully saturated rings. The Morgan fingerprint density at radius 3 is 3.10 bits per heavy atom. The number of nitrogens with zero attached hydrogens (tertiary/aromatic N) is 3. The first-order chi connectivity index (χ1) is 9.70. The van der Waals surface area contributed by atoms with E-state index in [1.165, 1.54) is 11.8 Å². The molecule has 20 heavy (non-hydrogen) atoms. The lowest BCUT2D eigenvalue weighted by molar-refractivity contribution is 0.487. The number of oxazole rings is 1. The molecule has 3 N–H and O–H groups in total. The molecule has 7 nitrogen and oxygen atoms in total. The fourth-order valence-electron chi connectivity index (χ4n) is 2.06. The summed E-state index contributed by atoms with van der Waals surface area (Å²) in [5.41, 5.74) is 7.51. The first kappa shape index (κ1) is 11.6. The van der Waals surface area contributed by atoms with Crippen LogP contribution in [0.3, 0.4) is 0 Å². The van der Waals surface area contributed by atoms with Gasteiger partial charge in [0.1, 0.15) is 5.52 Å². The highest BCUT2D eigenvalue weighted by Crippen LogP contribution is 2.37. The lowest BCUT2D eigenvalue weighted by Crippen LogP contribution is -2.15. The third kappa shape index (κ3) is 1.88. The Kier molecular flexibility index (Phi) is 2.40. The van der Waals surface area contributed by atoms with E-state index in [1.54, 1.807) is 22.8 Å². The van der Waals surface area contributed by atoms with Gasteiger partial charge in [0.2, 0.25) is 5.16 Å². The van der Waals surface area contributed by atoms with Gasteiger partial charge in [0.05, 0.1) is 0 Å². The van der Waals surface area contributed by atoms with Crippen LogP contribution < -0.4 is 11.4 Å². The third-order valence-corrected chi connectivity index (χ3v) is 3.98. The summed E-state index contributed by atoms with van der Waals surface area (Å²) in [5, 5.41) is 7.52. The van der Waals surface area contributed by atoms with E-state index in [9.17, 15) is 4.79 Å². The number of rotatable bonds is 3. The number of anilines is 1. The minimum atomic E-state index is -0.185. The largest absolute Gasteiger partial charge is 0.431 e. The Morgan fingerprint density at radius 1 is 1.45 bits per heavy atom. The van der Waals surface area contributed by atoms with E-state index in [0.717, 1.165) is 18.4 Å². The van der Waals surface area contributed by atoms with Gasteiger partial charge in [-0.15, -0.1) is 5.10 Å². The van der Waals surface area contributed by atoms with E-state index in [-0.39, 0.29) is 11.7 Å². The summed E-state index contributed by atoms with van der Waals surface area (Å²) in [7, 11) is 0. The normalized spacial score (nSPS) is 15.0. The van der Waals surface area contributed by atoms with Crippen LogP contribution in [0.1, 0.15) is 18.9 Å². The molecule has 1 aliphatic carbocycles. The van der Waals surface area contributed by atoms with Crippen LogP contribution in [0.5, 0.6) is 0 Å². The molecule has 4 rings (SSSR count). The lowest BCUT2D eigenvalue weighted by Gasteiger charge is -1.99. The van der Waals surface area contributed by atoms with Gasteiger partial charge in [-0.3, -0.25) is 4.57 Å². The van der Waals surface area contributed by atoms with E-state index >= 15 is 0 Å². The van der Waals surface area contributed by atoms with Gasteiger partial charge in [0.15, 0.2) is 5.58 Å². The highest BCUT2D eigenvalue weighted by molar-refractivity contribution is 7.99. The first-order valence-corrected chi connectivity index (χ1v) is 7.03. The minimum Gasteiger partial charge on any atom is -0.431 e. The number of aromatic amines is 1. The van der Waals surface area contributed by atoms with Gasteiger partial charge in [0.25, 0.3) is 5.22 Å². The summed E-state index contributed by atoms with van der Waals surface area (Å²) in [6.45, 7) is 0. The molecule has 0 amide bonds. The summed E-state index contributed by atoms with van der Waals surface area (Å²) in [6.07, 6.45) is 2.02. The molecule has 3 aromatic rings. The zero-order chi connectivity index (χ0) is 13.7. The molecular weight excluding hydrogens is 278 g/mol. The molecule has 0 radical (unpaired) electrons. The molecule has 1 saturated carbocycles. The van der Waals surface area contributed by atoms with Gasteiger partial charge in [-0.25, -0.2) is 14.9 Å². The second-order valence-electron chi connectivity index (χ2n) is 4.72. The number of nitrogens with one attached hydrogen (secondary N) is 1. The first-order valence-electron chi connectivity index (χ1n) is 6.21. The molecule has 1 aliphatic rings. The molecule has 0 bridgehead atoms. The number of fused-ring (bicyclic) bond motifs is 1. The van der Waals surface area contributed by atoms with Crippen molar-refractivity contribution in [2.24, 2.45) is 0 Å². The SMILES string of the molecule is Nc1ccc2nc(Sc3n[nH]c(=O)n3C3CC3)oc2c1. The standard InChI is InChI=1S/C12H11N5O2S/c13-6-1-4-8-9(5-6)19-12(14-8)20-11-16-15-10(18)17(11)7-2-3-7/h1,4-5,7H,2-3,13H2,(H,15,18). The molecule has 102 valence electrons. The number of H-pyrrole nitrogens is 1. The molecule has 1 aromatic carbocycles. The molecule has 0 unspecified atom stereocenters. The summed E-state index contributed by atoms with van der Waals surface area (Å²) in [4.78, 5) is 16.0. The predicted octanol–water partition coefficient (Wildman–Crippen LogP) is 1.78. The maximum atomic E-state index is 11.7. The van der Waals surface area contributed by atoms with Gasteiger partial charge in [-0.05, 0) is 25.0 Å². The molecular formula is C12H11N5O2S. The van der Waals surface area contributed by atoms with Crippen molar-refractivity contribution in [1.29, 1.82) is 0 Å². The minimum absolute atomic E-state index is 0.185. The highest BCUT2D eigenvalue weighted by Gasteiger charge is 2.29. The molecule has 0 spiro atoms. The van der Waals surface area contributed by atoms with Crippen molar-refractivity contribution in [3.63, 3.8) is 0 Å². The fourth-order valence-corrected chi connectivity index (χ4v) is 2.91. The smallest absolute Gasteiger partial charge is 0.344 e. The number of hydrogen-bond donors (Lipinski definition) is 2. The van der Waals surface area contributed by atoms with Gasteiger partial charge < -0.3 is 10.2 Å². The van der Waals surface area contributed by atoms with Crippen molar-refractivity contribution in [2.45, 2.75) is 29.3 Å². The van der Waals surface area contributed by atoms with Gasteiger partial charge in [0, 0.05) is 29.6 Å². The maximum absolute atomic E-state index is 11.7. The van der Waals surface area contributed by atoms with Crippen LogP contribution >= 0.6 is 11.8 Å². The number of hydrogen-bond acceptors (Lipinski definition) is 6. The number of benzene rings is 1. The second kappa shape index (κ2) is 4.14. The summed E-state index contributed by atoms with van der Waals surface area (Å²) in [5.74, 6) is 0. The zero-order valence-corrected chi connectivity index (χ0v) is 11.2. The molecule has 0 aliphatic heterocycles. The van der Waals surface area contributed by atoms with Crippen molar-refractivity contribution in [3.05, 3.63) is 28.7 Å². The number of nitrogen functional groups attached to an aromatic ring is 1. The Morgan fingerprint density at radius 2 is 2.30 bits per heavy atom. The van der Waals surface area contributed by atoms with Crippen LogP contribution in [0.25, 0.3) is 11.1 Å². The van der Waals surface area contributed by atoms with E-state index < -0.39 is 0 Å². The van der Waals surface area contributed by atoms with Gasteiger partial charge in [-0.2, -0.15) is 0 Å². The second-order valence-corrected chi connectivity index (χ2v) is 5.64. The van der Waals surface area contributed by atoms with Crippen LogP contribution in [0, 0.1) is 0 Å². The van der Waals surface area contributed by atoms with Crippen LogP contribution in [0.15, 0.2) is 37.8 Å². The van der Waals surface area contributed by atoms with Crippen LogP contribution in [-0.4, -0.2) is 19.7 Å². The van der Waals surface area contributed by atoms with Crippen LogP contribution in [-0.2, 0) is 0 Å². The van der Waals surface area contributed by atoms with E-state index in [2.05, 4.69) is 15.2 Å². The molecule has 2 heterocycles. The molecule has 0 saturated heterocycles. The Bertz CT molecular complexity index is 845. The van der Waals surface area contributed by atoms with Crippen LogP contribution in [0.4, 0.5) is 5.69 Å². The summed E-state index contributed by atoms with van der Waals surface area (Å²) in [6, 6.07) is 5.55.